The Hall–Kier alpha value is -5.74. The molecule has 0 radical (unpaired) electrons. The molecule has 0 N–H and O–H groups in total. The molecule has 7 aromatic rings. The van der Waals surface area contributed by atoms with E-state index in [-0.39, 0.29) is 0 Å². The van der Waals surface area contributed by atoms with E-state index in [1.165, 1.54) is 0 Å². The third-order valence-corrected chi connectivity index (χ3v) is 10.6. The summed E-state index contributed by atoms with van der Waals surface area (Å²) in [5.41, 5.74) is -12.5. The zero-order chi connectivity index (χ0) is 49.2. The van der Waals surface area contributed by atoms with Crippen molar-refractivity contribution in [3.05, 3.63) is 194 Å². The van der Waals surface area contributed by atoms with E-state index >= 15 is 35.1 Å². The molecule has 0 aliphatic rings. The Labute approximate surface area is 369 Å². The number of pyridine rings is 1. The molecular formula is C41H13BCl3F20N. The Morgan fingerprint density at radius 1 is 0.348 bits per heavy atom. The normalized spacial score (nSPS) is 11.9. The van der Waals surface area contributed by atoms with Gasteiger partial charge in [-0.25, -0.2) is 87.8 Å². The molecule has 0 unspecified atom stereocenters. The number of benzene rings is 6. The quantitative estimate of drug-likeness (QED) is 0.0390. The summed E-state index contributed by atoms with van der Waals surface area (Å²) in [6.07, 6.45) is -5.25. The van der Waals surface area contributed by atoms with E-state index in [4.69, 9.17) is 34.8 Å². The molecule has 66 heavy (non-hydrogen) atoms. The van der Waals surface area contributed by atoms with Gasteiger partial charge in [0.05, 0.1) is 5.39 Å². The maximum atomic E-state index is 15.4. The molecule has 0 aliphatic heterocycles. The van der Waals surface area contributed by atoms with Gasteiger partial charge in [0.25, 0.3) is 3.79 Å². The molecule has 7 rings (SSSR count). The average Bonchev–Trinajstić information content (AvgIpc) is 3.29. The molecular weight excluding hydrogens is 1000 g/mol. The number of halogens is 23. The first kappa shape index (κ1) is 49.7. The van der Waals surface area contributed by atoms with Gasteiger partial charge in [0, 0.05) is 11.6 Å². The molecule has 0 saturated carbocycles. The standard InChI is InChI=1S/C24BF20.C17H13Cl3N/c26-5-1(6(27)14(35)21(42)13(5)34)25(2-7(28)15(36)22(43)16(37)8(2)29,3-9(30)17(38)23(44)18(39)10(3)31)4-11(32)19(40)24(45)20(41)12(4)33;18-17(19,20)16-15-9-5-4-8-14(15)10-11-21(16)12-13-6-2-1-3-7-13/h;1-11H,12H2/q-1;+1. The van der Waals surface area contributed by atoms with Crippen molar-refractivity contribution in [3.8, 4) is 0 Å². The van der Waals surface area contributed by atoms with Gasteiger partial charge in [-0.15, -0.1) is 21.9 Å². The monoisotopic (exact) mass is 1010 g/mol. The van der Waals surface area contributed by atoms with Gasteiger partial charge in [-0.05, 0) is 11.5 Å². The van der Waals surface area contributed by atoms with E-state index in [0.29, 0.717) is 12.2 Å². The molecule has 0 fully saturated rings. The Kier molecular flexibility index (Phi) is 13.7. The van der Waals surface area contributed by atoms with Crippen molar-refractivity contribution in [3.63, 3.8) is 0 Å². The number of alkyl halides is 3. The molecule has 0 atom stereocenters. The highest BCUT2D eigenvalue weighted by atomic mass is 35.6. The third kappa shape index (κ3) is 7.82. The van der Waals surface area contributed by atoms with Crippen LogP contribution in [0.3, 0.4) is 0 Å². The highest BCUT2D eigenvalue weighted by Crippen LogP contribution is 2.40. The van der Waals surface area contributed by atoms with Gasteiger partial charge in [0.1, 0.15) is 52.7 Å². The maximum absolute atomic E-state index is 15.4. The van der Waals surface area contributed by atoms with E-state index < -0.39 is 148 Å². The fourth-order valence-corrected chi connectivity index (χ4v) is 7.99. The summed E-state index contributed by atoms with van der Waals surface area (Å²) < 4.78 is 294. The second kappa shape index (κ2) is 18.2. The van der Waals surface area contributed by atoms with E-state index in [9.17, 15) is 52.7 Å². The van der Waals surface area contributed by atoms with Crippen LogP contribution in [0.25, 0.3) is 10.8 Å². The number of nitrogens with zero attached hydrogens (tertiary/aromatic N) is 1. The first-order chi connectivity index (χ1) is 30.8. The average molecular weight is 1020 g/mol. The summed E-state index contributed by atoms with van der Waals surface area (Å²) in [5, 5.41) is 2.01. The first-order valence-electron chi connectivity index (χ1n) is 17.5. The number of fused-ring (bicyclic) bond motifs is 1. The van der Waals surface area contributed by atoms with Crippen LogP contribution in [0.15, 0.2) is 66.9 Å². The number of rotatable bonds is 6. The van der Waals surface area contributed by atoms with Gasteiger partial charge in [0.2, 0.25) is 5.69 Å². The minimum absolute atomic E-state index is 0.662. The van der Waals surface area contributed by atoms with Crippen molar-refractivity contribution in [2.24, 2.45) is 0 Å². The Bertz CT molecular complexity index is 2730. The van der Waals surface area contributed by atoms with Gasteiger partial charge in [-0.3, -0.25) is 0 Å². The molecule has 0 amide bonds. The van der Waals surface area contributed by atoms with Crippen molar-refractivity contribution >= 4 is 73.6 Å². The first-order valence-corrected chi connectivity index (χ1v) is 18.6. The molecule has 25 heteroatoms. The molecule has 0 aliphatic carbocycles. The van der Waals surface area contributed by atoms with E-state index in [2.05, 4.69) is 12.1 Å². The second-order valence-electron chi connectivity index (χ2n) is 13.7. The number of aromatic nitrogens is 1. The summed E-state index contributed by atoms with van der Waals surface area (Å²) in [6, 6.07) is 20.1. The van der Waals surface area contributed by atoms with Crippen LogP contribution >= 0.6 is 34.8 Å². The summed E-state index contributed by atoms with van der Waals surface area (Å²) in [6.45, 7) is 0.662. The Balaban J connectivity index is 0.000000284. The van der Waals surface area contributed by atoms with Crippen LogP contribution in [0.4, 0.5) is 87.8 Å². The van der Waals surface area contributed by atoms with Crippen molar-refractivity contribution < 1.29 is 92.4 Å². The maximum Gasteiger partial charge on any atom is 0.275 e. The minimum Gasteiger partial charge on any atom is -0.207 e. The van der Waals surface area contributed by atoms with Crippen molar-refractivity contribution in [2.45, 2.75) is 10.3 Å². The van der Waals surface area contributed by atoms with E-state index in [0.717, 1.165) is 16.3 Å². The van der Waals surface area contributed by atoms with Crippen LogP contribution in [0, 0.1) is 116 Å². The fourth-order valence-electron chi connectivity index (χ4n) is 7.36. The smallest absolute Gasteiger partial charge is 0.207 e. The Morgan fingerprint density at radius 3 is 0.924 bits per heavy atom. The van der Waals surface area contributed by atoms with Crippen molar-refractivity contribution in [2.75, 3.05) is 0 Å². The summed E-state index contributed by atoms with van der Waals surface area (Å²) in [4.78, 5) is 0. The SMILES string of the molecule is ClC(Cl)(Cl)c1c2ccccc2cc[n+]1Cc1ccccc1.Fc1c(F)c(F)c([B-](c2c(F)c(F)c(F)c(F)c2F)(c2c(F)c(F)c(F)c(F)c2F)c2c(F)c(F)c(F)c(F)c2F)c(F)c1F. The lowest BCUT2D eigenvalue weighted by Crippen LogP contribution is -2.81. The summed E-state index contributed by atoms with van der Waals surface area (Å²) in [7, 11) is 0. The van der Waals surface area contributed by atoms with Gasteiger partial charge in [0.15, 0.2) is 82.5 Å². The second-order valence-corrected chi connectivity index (χ2v) is 15.9. The molecule has 1 heterocycles. The molecule has 0 bridgehead atoms. The molecule has 1 aromatic heterocycles. The molecule has 0 saturated heterocycles. The highest BCUT2D eigenvalue weighted by molar-refractivity contribution is 7.20. The van der Waals surface area contributed by atoms with Crippen LogP contribution < -0.4 is 26.4 Å². The largest absolute Gasteiger partial charge is 0.275 e. The van der Waals surface area contributed by atoms with Crippen LogP contribution in [0.5, 0.6) is 0 Å². The third-order valence-electron chi connectivity index (χ3n) is 10.1. The fraction of sp³-hybridized carbons (Fsp3) is 0.0488. The van der Waals surface area contributed by atoms with E-state index in [1.807, 2.05) is 59.3 Å². The topological polar surface area (TPSA) is 3.88 Å². The summed E-state index contributed by atoms with van der Waals surface area (Å²) in [5.74, 6) is -71.4. The minimum atomic E-state index is -7.22. The molecule has 1 nitrogen and oxygen atoms in total. The lowest BCUT2D eigenvalue weighted by molar-refractivity contribution is -0.694. The van der Waals surface area contributed by atoms with Gasteiger partial charge < -0.3 is 0 Å². The number of hydrogen-bond donors (Lipinski definition) is 0. The number of hydrogen-bond acceptors (Lipinski definition) is 0. The van der Waals surface area contributed by atoms with Gasteiger partial charge in [-0.2, -0.15) is 4.57 Å². The van der Waals surface area contributed by atoms with Gasteiger partial charge in [-0.1, -0.05) is 83.3 Å². The summed E-state index contributed by atoms with van der Waals surface area (Å²) >= 11 is 18.7. The predicted molar refractivity (Wildman–Crippen MR) is 198 cm³/mol. The Morgan fingerprint density at radius 2 is 0.621 bits per heavy atom. The van der Waals surface area contributed by atoms with E-state index in [1.54, 1.807) is 0 Å². The van der Waals surface area contributed by atoms with Gasteiger partial charge >= 0.3 is 0 Å². The van der Waals surface area contributed by atoms with Crippen molar-refractivity contribution in [1.29, 1.82) is 0 Å². The molecule has 346 valence electrons. The lowest BCUT2D eigenvalue weighted by atomic mass is 9.12. The zero-order valence-corrected chi connectivity index (χ0v) is 33.5. The van der Waals surface area contributed by atoms with Crippen LogP contribution in [-0.4, -0.2) is 6.15 Å². The predicted octanol–water partition coefficient (Wildman–Crippen LogP) is 10.8. The van der Waals surface area contributed by atoms with Crippen LogP contribution in [0.2, 0.25) is 0 Å². The zero-order valence-electron chi connectivity index (χ0n) is 31.3. The highest BCUT2D eigenvalue weighted by Gasteiger charge is 2.52. The molecule has 6 aromatic carbocycles. The van der Waals surface area contributed by atoms with Crippen molar-refractivity contribution in [1.82, 2.24) is 0 Å². The molecule has 0 spiro atoms. The van der Waals surface area contributed by atoms with Crippen LogP contribution in [0.1, 0.15) is 11.3 Å². The van der Waals surface area contributed by atoms with Crippen LogP contribution in [-0.2, 0) is 10.3 Å². The lowest BCUT2D eigenvalue weighted by Gasteiger charge is -2.44.